The second-order valence-corrected chi connectivity index (χ2v) is 6.85. The highest BCUT2D eigenvalue weighted by molar-refractivity contribution is 6.30. The predicted molar refractivity (Wildman–Crippen MR) is 98.6 cm³/mol. The highest BCUT2D eigenvalue weighted by Crippen LogP contribution is 2.34. The Morgan fingerprint density at radius 1 is 1.08 bits per heavy atom. The summed E-state index contributed by atoms with van der Waals surface area (Å²) < 4.78 is 0. The molecule has 1 aliphatic heterocycles. The van der Waals surface area contributed by atoms with E-state index >= 15 is 0 Å². The molecular weight excluding hydrogens is 326 g/mol. The minimum atomic E-state index is -0.329. The minimum absolute atomic E-state index is 0.0649. The molecule has 1 fully saturated rings. The van der Waals surface area contributed by atoms with Crippen molar-refractivity contribution in [3.05, 3.63) is 64.2 Å². The summed E-state index contributed by atoms with van der Waals surface area (Å²) in [4.78, 5) is 28.0. The van der Waals surface area contributed by atoms with Gasteiger partial charge in [-0.2, -0.15) is 0 Å². The molecule has 1 saturated heterocycles. The molecule has 2 aromatic carbocycles. The maximum absolute atomic E-state index is 13.0. The van der Waals surface area contributed by atoms with Crippen LogP contribution in [0, 0.1) is 11.8 Å². The van der Waals surface area contributed by atoms with E-state index in [0.29, 0.717) is 29.3 Å². The van der Waals surface area contributed by atoms with E-state index in [2.05, 4.69) is 23.7 Å². The van der Waals surface area contributed by atoms with Gasteiger partial charge in [-0.15, -0.1) is 0 Å². The fraction of sp³-hybridized carbons (Fsp3) is 0.273. The summed E-state index contributed by atoms with van der Waals surface area (Å²) in [5, 5.41) is 10.2. The summed E-state index contributed by atoms with van der Waals surface area (Å²) in [5.74, 6) is 5.42. The van der Waals surface area contributed by atoms with Crippen molar-refractivity contribution in [1.82, 2.24) is 4.90 Å². The van der Waals surface area contributed by atoms with Crippen LogP contribution in [0.2, 0.25) is 0 Å². The van der Waals surface area contributed by atoms with Crippen LogP contribution in [0.5, 0.6) is 5.75 Å². The van der Waals surface area contributed by atoms with Crippen molar-refractivity contribution in [2.24, 2.45) is 0 Å². The number of carbonyl (C=O) groups excluding carboxylic acids is 2. The normalized spacial score (nSPS) is 18.9. The van der Waals surface area contributed by atoms with E-state index in [1.165, 1.54) is 18.9 Å². The quantitative estimate of drug-likeness (QED) is 0.689. The zero-order valence-electron chi connectivity index (χ0n) is 14.6. The molecule has 1 N–H and O–H groups in total. The number of phenols is 1. The lowest BCUT2D eigenvalue weighted by Gasteiger charge is -2.19. The van der Waals surface area contributed by atoms with Gasteiger partial charge in [0.05, 0.1) is 17.7 Å². The van der Waals surface area contributed by atoms with Crippen LogP contribution in [0.4, 0.5) is 0 Å². The van der Waals surface area contributed by atoms with Gasteiger partial charge in [0.1, 0.15) is 5.75 Å². The van der Waals surface area contributed by atoms with Crippen LogP contribution in [0.3, 0.4) is 0 Å². The molecule has 0 amide bonds. The largest absolute Gasteiger partial charge is 0.507 e. The predicted octanol–water partition coefficient (Wildman–Crippen LogP) is 3.00. The average Bonchev–Trinajstić information content (AvgIpc) is 3.05. The third kappa shape index (κ3) is 2.61. The number of ketones is 2. The molecule has 26 heavy (non-hydrogen) atoms. The number of fused-ring (bicyclic) bond motifs is 2. The SMILES string of the molecule is CC1CCCN1CC#Cc1ccc(O)c2c1C(=O)c1ccccc1C2=O. The van der Waals surface area contributed by atoms with E-state index in [9.17, 15) is 14.7 Å². The van der Waals surface area contributed by atoms with Gasteiger partial charge in [0, 0.05) is 22.7 Å². The van der Waals surface area contributed by atoms with Gasteiger partial charge in [-0.25, -0.2) is 0 Å². The maximum Gasteiger partial charge on any atom is 0.198 e. The monoisotopic (exact) mass is 345 g/mol. The summed E-state index contributed by atoms with van der Waals surface area (Å²) in [6.07, 6.45) is 2.36. The Morgan fingerprint density at radius 3 is 2.42 bits per heavy atom. The molecule has 2 aromatic rings. The zero-order valence-corrected chi connectivity index (χ0v) is 14.6. The third-order valence-electron chi connectivity index (χ3n) is 5.25. The van der Waals surface area contributed by atoms with Crippen LogP contribution >= 0.6 is 0 Å². The summed E-state index contributed by atoms with van der Waals surface area (Å²) in [7, 11) is 0. The molecule has 130 valence electrons. The first-order chi connectivity index (χ1) is 12.6. The summed E-state index contributed by atoms with van der Waals surface area (Å²) in [6, 6.07) is 10.3. The maximum atomic E-state index is 13.0. The lowest BCUT2D eigenvalue weighted by atomic mass is 9.81. The van der Waals surface area contributed by atoms with Crippen molar-refractivity contribution >= 4 is 11.6 Å². The van der Waals surface area contributed by atoms with E-state index in [4.69, 9.17) is 0 Å². The lowest BCUT2D eigenvalue weighted by molar-refractivity contribution is 0.0976. The number of aromatic hydroxyl groups is 1. The molecule has 4 nitrogen and oxygen atoms in total. The van der Waals surface area contributed by atoms with Gasteiger partial charge in [0.25, 0.3) is 0 Å². The fourth-order valence-electron chi connectivity index (χ4n) is 3.77. The zero-order chi connectivity index (χ0) is 18.3. The first-order valence-corrected chi connectivity index (χ1v) is 8.85. The molecule has 0 radical (unpaired) electrons. The van der Waals surface area contributed by atoms with E-state index in [1.54, 1.807) is 30.3 Å². The Labute approximate surface area is 152 Å². The number of carbonyl (C=O) groups is 2. The summed E-state index contributed by atoms with van der Waals surface area (Å²) in [6.45, 7) is 3.86. The van der Waals surface area contributed by atoms with Gasteiger partial charge in [-0.1, -0.05) is 36.1 Å². The first kappa shape index (κ1) is 16.6. The van der Waals surface area contributed by atoms with Crippen LogP contribution in [0.25, 0.3) is 0 Å². The Hall–Kier alpha value is -2.90. The molecule has 2 aliphatic rings. The molecule has 1 atom stereocenters. The molecular formula is C22H19NO3. The average molecular weight is 345 g/mol. The molecule has 0 bridgehead atoms. The third-order valence-corrected chi connectivity index (χ3v) is 5.25. The molecule has 4 rings (SSSR count). The molecule has 1 heterocycles. The van der Waals surface area contributed by atoms with Crippen molar-refractivity contribution in [1.29, 1.82) is 0 Å². The lowest BCUT2D eigenvalue weighted by Crippen LogP contribution is -2.27. The highest BCUT2D eigenvalue weighted by atomic mass is 16.3. The van der Waals surface area contributed by atoms with E-state index in [1.807, 2.05) is 0 Å². The summed E-state index contributed by atoms with van der Waals surface area (Å²) in [5.41, 5.74) is 1.48. The van der Waals surface area contributed by atoms with Gasteiger partial charge in [-0.05, 0) is 38.4 Å². The Balaban J connectivity index is 1.75. The Bertz CT molecular complexity index is 981. The van der Waals surface area contributed by atoms with Crippen LogP contribution in [0.1, 0.15) is 57.2 Å². The number of benzene rings is 2. The minimum Gasteiger partial charge on any atom is -0.507 e. The van der Waals surface area contributed by atoms with Gasteiger partial charge in [0.15, 0.2) is 11.6 Å². The van der Waals surface area contributed by atoms with Crippen molar-refractivity contribution in [2.75, 3.05) is 13.1 Å². The molecule has 0 aromatic heterocycles. The fourth-order valence-corrected chi connectivity index (χ4v) is 3.77. The second kappa shape index (κ2) is 6.44. The molecule has 1 aliphatic carbocycles. The number of phenolic OH excluding ortho intramolecular Hbond substituents is 1. The number of hydrogen-bond acceptors (Lipinski definition) is 4. The molecule has 0 spiro atoms. The smallest absolute Gasteiger partial charge is 0.198 e. The van der Waals surface area contributed by atoms with Crippen molar-refractivity contribution in [2.45, 2.75) is 25.8 Å². The standard InChI is InChI=1S/C22H19NO3/c1-14-6-4-12-23(14)13-5-7-15-10-11-18(24)20-19(15)21(25)16-8-2-3-9-17(16)22(20)26/h2-3,8-11,14,24H,4,6,12-13H2,1H3. The van der Waals surface area contributed by atoms with E-state index < -0.39 is 0 Å². The number of hydrogen-bond donors (Lipinski definition) is 1. The first-order valence-electron chi connectivity index (χ1n) is 8.85. The summed E-state index contributed by atoms with van der Waals surface area (Å²) >= 11 is 0. The Morgan fingerprint density at radius 2 is 1.77 bits per heavy atom. The van der Waals surface area contributed by atoms with E-state index in [-0.39, 0.29) is 28.4 Å². The van der Waals surface area contributed by atoms with Crippen LogP contribution < -0.4 is 0 Å². The van der Waals surface area contributed by atoms with Gasteiger partial charge in [0.2, 0.25) is 0 Å². The van der Waals surface area contributed by atoms with Crippen molar-refractivity contribution in [3.63, 3.8) is 0 Å². The van der Waals surface area contributed by atoms with Crippen LogP contribution in [0.15, 0.2) is 36.4 Å². The van der Waals surface area contributed by atoms with Gasteiger partial charge < -0.3 is 5.11 Å². The number of nitrogens with zero attached hydrogens (tertiary/aromatic N) is 1. The molecule has 1 unspecified atom stereocenters. The Kier molecular flexibility index (Phi) is 4.10. The molecule has 0 saturated carbocycles. The van der Waals surface area contributed by atoms with Gasteiger partial charge >= 0.3 is 0 Å². The van der Waals surface area contributed by atoms with Crippen molar-refractivity contribution in [3.8, 4) is 17.6 Å². The van der Waals surface area contributed by atoms with Gasteiger partial charge in [-0.3, -0.25) is 14.5 Å². The second-order valence-electron chi connectivity index (χ2n) is 6.85. The topological polar surface area (TPSA) is 57.6 Å². The van der Waals surface area contributed by atoms with E-state index in [0.717, 1.165) is 6.54 Å². The highest BCUT2D eigenvalue weighted by Gasteiger charge is 2.33. The number of likely N-dealkylation sites (tertiary alicyclic amines) is 1. The van der Waals surface area contributed by atoms with Crippen LogP contribution in [-0.4, -0.2) is 40.7 Å². The number of rotatable bonds is 1. The van der Waals surface area contributed by atoms with Crippen molar-refractivity contribution < 1.29 is 14.7 Å². The molecule has 4 heteroatoms. The van der Waals surface area contributed by atoms with Crippen LogP contribution in [-0.2, 0) is 0 Å².